The Kier molecular flexibility index (Phi) is 5.88. The normalized spacial score (nSPS) is 9.81. The number of thioether (sulfide) groups is 1. The third-order valence-corrected chi connectivity index (χ3v) is 4.42. The zero-order chi connectivity index (χ0) is 15.1. The van der Waals surface area contributed by atoms with Crippen LogP contribution in [-0.4, -0.2) is 23.9 Å². The zero-order valence-electron chi connectivity index (χ0n) is 11.6. The first-order chi connectivity index (χ1) is 10.2. The molecule has 2 aromatic rings. The summed E-state index contributed by atoms with van der Waals surface area (Å²) in [7, 11) is 0. The highest BCUT2D eigenvalue weighted by Gasteiger charge is 2.06. The van der Waals surface area contributed by atoms with Gasteiger partial charge in [-0.15, -0.1) is 23.1 Å². The molecule has 0 spiro atoms. The van der Waals surface area contributed by atoms with Crippen molar-refractivity contribution in [2.45, 2.75) is 11.4 Å². The van der Waals surface area contributed by atoms with Gasteiger partial charge in [0.25, 0.3) is 5.91 Å². The number of aliphatic hydroxyl groups excluding tert-OH is 1. The van der Waals surface area contributed by atoms with Crippen LogP contribution in [0.1, 0.15) is 20.8 Å². The molecule has 0 saturated heterocycles. The molecule has 3 nitrogen and oxygen atoms in total. The van der Waals surface area contributed by atoms with Crippen LogP contribution in [0.25, 0.3) is 0 Å². The average Bonchev–Trinajstić information content (AvgIpc) is 2.98. The standard InChI is InChI=1S/C16H15NO2S2/c1-20-14-6-4-13(5-7-14)16(19)17-10-15-9-12(11-21-15)3-2-8-18/h4-7,9,11,18H,8,10H2,1H3,(H,17,19). The van der Waals surface area contributed by atoms with E-state index in [0.717, 1.165) is 15.3 Å². The van der Waals surface area contributed by atoms with Crippen LogP contribution in [0.15, 0.2) is 40.6 Å². The molecule has 2 N–H and O–H groups in total. The second-order valence-corrected chi connectivity index (χ2v) is 6.05. The van der Waals surface area contributed by atoms with Gasteiger partial charge >= 0.3 is 0 Å². The van der Waals surface area contributed by atoms with E-state index < -0.39 is 0 Å². The Morgan fingerprint density at radius 3 is 2.81 bits per heavy atom. The molecule has 0 radical (unpaired) electrons. The third-order valence-electron chi connectivity index (χ3n) is 2.74. The van der Waals surface area contributed by atoms with Gasteiger partial charge in [-0.3, -0.25) is 4.79 Å². The van der Waals surface area contributed by atoms with Gasteiger partial charge in [-0.05, 0) is 36.6 Å². The summed E-state index contributed by atoms with van der Waals surface area (Å²) < 4.78 is 0. The highest BCUT2D eigenvalue weighted by molar-refractivity contribution is 7.98. The van der Waals surface area contributed by atoms with E-state index >= 15 is 0 Å². The molecule has 0 bridgehead atoms. The molecule has 0 aliphatic carbocycles. The first kappa shape index (κ1) is 15.6. The number of hydrogen-bond acceptors (Lipinski definition) is 4. The summed E-state index contributed by atoms with van der Waals surface area (Å²) in [5.41, 5.74) is 1.52. The van der Waals surface area contributed by atoms with Gasteiger partial charge in [0.2, 0.25) is 0 Å². The molecule has 1 aromatic heterocycles. The van der Waals surface area contributed by atoms with E-state index in [0.29, 0.717) is 12.1 Å². The number of nitrogens with one attached hydrogen (secondary N) is 1. The first-order valence-corrected chi connectivity index (χ1v) is 8.43. The lowest BCUT2D eigenvalue weighted by atomic mass is 10.2. The summed E-state index contributed by atoms with van der Waals surface area (Å²) in [5.74, 6) is 5.36. The fraction of sp³-hybridized carbons (Fsp3) is 0.188. The van der Waals surface area contributed by atoms with Crippen LogP contribution < -0.4 is 5.32 Å². The lowest BCUT2D eigenvalue weighted by Gasteiger charge is -2.04. The zero-order valence-corrected chi connectivity index (χ0v) is 13.2. The number of benzene rings is 1. The van der Waals surface area contributed by atoms with Gasteiger partial charge in [0.05, 0.1) is 6.54 Å². The van der Waals surface area contributed by atoms with Crippen LogP contribution in [0.4, 0.5) is 0 Å². The second-order valence-electron chi connectivity index (χ2n) is 4.17. The fourth-order valence-electron chi connectivity index (χ4n) is 1.69. The molecule has 0 aliphatic heterocycles. The minimum atomic E-state index is -0.145. The SMILES string of the molecule is CSc1ccc(C(=O)NCc2cc(C#CCO)cs2)cc1. The molecule has 0 atom stereocenters. The number of amides is 1. The molecule has 1 heterocycles. The van der Waals surface area contributed by atoms with Crippen molar-refractivity contribution in [3.63, 3.8) is 0 Å². The summed E-state index contributed by atoms with van der Waals surface area (Å²) in [6, 6.07) is 9.45. The molecular formula is C16H15NO2S2. The molecule has 0 unspecified atom stereocenters. The van der Waals surface area contributed by atoms with Crippen LogP contribution in [-0.2, 0) is 6.54 Å². The van der Waals surface area contributed by atoms with E-state index in [1.165, 1.54) is 0 Å². The molecule has 108 valence electrons. The Morgan fingerprint density at radius 2 is 2.14 bits per heavy atom. The molecule has 1 aromatic carbocycles. The fourth-order valence-corrected chi connectivity index (χ4v) is 2.86. The van der Waals surface area contributed by atoms with Crippen molar-refractivity contribution in [2.75, 3.05) is 12.9 Å². The number of thiophene rings is 1. The first-order valence-electron chi connectivity index (χ1n) is 6.32. The van der Waals surface area contributed by atoms with E-state index in [4.69, 9.17) is 5.11 Å². The summed E-state index contributed by atoms with van der Waals surface area (Å²) >= 11 is 3.19. The average molecular weight is 317 g/mol. The van der Waals surface area contributed by atoms with Gasteiger partial charge in [-0.2, -0.15) is 0 Å². The summed E-state index contributed by atoms with van der Waals surface area (Å²) in [5, 5.41) is 13.4. The Hall–Kier alpha value is -1.74. The van der Waals surface area contributed by atoms with Gasteiger partial charge < -0.3 is 10.4 Å². The van der Waals surface area contributed by atoms with E-state index in [9.17, 15) is 4.79 Å². The Balaban J connectivity index is 1.92. The van der Waals surface area contributed by atoms with E-state index in [1.54, 1.807) is 23.1 Å². The second kappa shape index (κ2) is 7.89. The third kappa shape index (κ3) is 4.64. The van der Waals surface area contributed by atoms with Crippen LogP contribution in [0.5, 0.6) is 0 Å². The Morgan fingerprint density at radius 1 is 1.38 bits per heavy atom. The number of carbonyl (C=O) groups excluding carboxylic acids is 1. The number of hydrogen-bond donors (Lipinski definition) is 2. The van der Waals surface area contributed by atoms with E-state index in [1.807, 2.05) is 42.0 Å². The largest absolute Gasteiger partial charge is 0.384 e. The Bertz CT molecular complexity index is 666. The lowest BCUT2D eigenvalue weighted by Crippen LogP contribution is -2.22. The van der Waals surface area contributed by atoms with Crippen LogP contribution in [0, 0.1) is 11.8 Å². The molecule has 21 heavy (non-hydrogen) atoms. The quantitative estimate of drug-likeness (QED) is 0.673. The number of rotatable bonds is 4. The molecule has 5 heteroatoms. The molecule has 0 fully saturated rings. The van der Waals surface area contributed by atoms with Gasteiger partial charge in [0.1, 0.15) is 6.61 Å². The predicted molar refractivity (Wildman–Crippen MR) is 87.7 cm³/mol. The van der Waals surface area contributed by atoms with Crippen LogP contribution in [0.3, 0.4) is 0 Å². The van der Waals surface area contributed by atoms with E-state index in [-0.39, 0.29) is 12.5 Å². The molecular weight excluding hydrogens is 302 g/mol. The summed E-state index contributed by atoms with van der Waals surface area (Å²) in [6.07, 6.45) is 2.00. The summed E-state index contributed by atoms with van der Waals surface area (Å²) in [4.78, 5) is 14.2. The number of carbonyl (C=O) groups is 1. The van der Waals surface area contributed by atoms with Gasteiger partial charge in [-0.25, -0.2) is 0 Å². The van der Waals surface area contributed by atoms with Crippen molar-refractivity contribution in [1.29, 1.82) is 0 Å². The maximum absolute atomic E-state index is 12.0. The maximum Gasteiger partial charge on any atom is 0.251 e. The highest BCUT2D eigenvalue weighted by Crippen LogP contribution is 2.16. The van der Waals surface area contributed by atoms with Crippen molar-refractivity contribution in [3.05, 3.63) is 51.7 Å². The van der Waals surface area contributed by atoms with Gasteiger partial charge in [0, 0.05) is 26.3 Å². The van der Waals surface area contributed by atoms with Crippen LogP contribution in [0.2, 0.25) is 0 Å². The molecule has 0 aliphatic rings. The molecule has 1 amide bonds. The summed E-state index contributed by atoms with van der Waals surface area (Å²) in [6.45, 7) is 0.336. The smallest absolute Gasteiger partial charge is 0.251 e. The van der Waals surface area contributed by atoms with Gasteiger partial charge in [-0.1, -0.05) is 11.8 Å². The van der Waals surface area contributed by atoms with Gasteiger partial charge in [0.15, 0.2) is 0 Å². The minimum Gasteiger partial charge on any atom is -0.384 e. The number of aliphatic hydroxyl groups is 1. The van der Waals surface area contributed by atoms with Crippen molar-refractivity contribution >= 4 is 29.0 Å². The highest BCUT2D eigenvalue weighted by atomic mass is 32.2. The lowest BCUT2D eigenvalue weighted by molar-refractivity contribution is 0.0951. The molecule has 0 saturated carbocycles. The monoisotopic (exact) mass is 317 g/mol. The van der Waals surface area contributed by atoms with Crippen molar-refractivity contribution in [3.8, 4) is 11.8 Å². The Labute approximate surface area is 132 Å². The molecule has 2 rings (SSSR count). The van der Waals surface area contributed by atoms with E-state index in [2.05, 4.69) is 17.2 Å². The topological polar surface area (TPSA) is 49.3 Å². The van der Waals surface area contributed by atoms with Crippen molar-refractivity contribution in [2.24, 2.45) is 0 Å². The minimum absolute atomic E-state index is 0.0842. The van der Waals surface area contributed by atoms with Crippen LogP contribution >= 0.6 is 23.1 Å². The predicted octanol–water partition coefficient (Wildman–Crippen LogP) is 2.74. The van der Waals surface area contributed by atoms with Crippen molar-refractivity contribution < 1.29 is 9.90 Å². The maximum atomic E-state index is 12.0. The van der Waals surface area contributed by atoms with Crippen molar-refractivity contribution in [1.82, 2.24) is 5.32 Å².